The van der Waals surface area contributed by atoms with Gasteiger partial charge >= 0.3 is 0 Å². The summed E-state index contributed by atoms with van der Waals surface area (Å²) in [6, 6.07) is 0.164. The van der Waals surface area contributed by atoms with E-state index in [1.54, 1.807) is 0 Å². The van der Waals surface area contributed by atoms with E-state index in [1.165, 1.54) is 6.92 Å². The van der Waals surface area contributed by atoms with Crippen LogP contribution in [0.2, 0.25) is 0 Å². The monoisotopic (exact) mass is 311 g/mol. The molecule has 21 heavy (non-hydrogen) atoms. The van der Waals surface area contributed by atoms with Gasteiger partial charge in [-0.3, -0.25) is 0 Å². The molecule has 0 fully saturated rings. The van der Waals surface area contributed by atoms with Crippen LogP contribution in [0.5, 0.6) is 5.75 Å². The molecule has 0 aromatic heterocycles. The number of rotatable bonds is 7. The normalized spacial score (nSPS) is 14.1. The van der Waals surface area contributed by atoms with E-state index in [2.05, 4.69) is 5.32 Å². The molecule has 0 heterocycles. The van der Waals surface area contributed by atoms with Gasteiger partial charge in [0.25, 0.3) is 0 Å². The van der Waals surface area contributed by atoms with Gasteiger partial charge in [0.15, 0.2) is 5.75 Å². The lowest BCUT2D eigenvalue weighted by Crippen LogP contribution is -2.35. The van der Waals surface area contributed by atoms with Crippen molar-refractivity contribution >= 4 is 0 Å². The second kappa shape index (κ2) is 7.59. The molecule has 2 atom stereocenters. The Kier molecular flexibility index (Phi) is 6.39. The van der Waals surface area contributed by atoms with Crippen molar-refractivity contribution in [3.63, 3.8) is 0 Å². The molecule has 1 rings (SSSR count). The van der Waals surface area contributed by atoms with Crippen molar-refractivity contribution in [1.29, 1.82) is 0 Å². The molecule has 1 N–H and O–H groups in total. The second-order valence-corrected chi connectivity index (χ2v) is 4.93. The van der Waals surface area contributed by atoms with E-state index in [0.29, 0.717) is 0 Å². The lowest BCUT2D eigenvalue weighted by atomic mass is 10.2. The standard InChI is InChI=1S/C14H18F5NO/c1-4-5-7(2)20-6-8(3)21-14-12(18)10(16)9(15)11(17)13(14)19/h7-8,20H,4-6H2,1-3H3. The minimum Gasteiger partial charge on any atom is -0.483 e. The molecule has 2 unspecified atom stereocenters. The summed E-state index contributed by atoms with van der Waals surface area (Å²) in [6.45, 7) is 5.63. The molecule has 2 nitrogen and oxygen atoms in total. The van der Waals surface area contributed by atoms with E-state index < -0.39 is 40.9 Å². The van der Waals surface area contributed by atoms with E-state index in [-0.39, 0.29) is 12.6 Å². The minimum absolute atomic E-state index is 0.164. The zero-order valence-electron chi connectivity index (χ0n) is 12.1. The second-order valence-electron chi connectivity index (χ2n) is 4.93. The summed E-state index contributed by atoms with van der Waals surface area (Å²) < 4.78 is 70.6. The van der Waals surface area contributed by atoms with E-state index in [0.717, 1.165) is 12.8 Å². The molecule has 1 aromatic carbocycles. The Hall–Kier alpha value is -1.37. The number of halogens is 5. The van der Waals surface area contributed by atoms with Gasteiger partial charge in [-0.05, 0) is 20.3 Å². The van der Waals surface area contributed by atoms with E-state index >= 15 is 0 Å². The van der Waals surface area contributed by atoms with Crippen molar-refractivity contribution in [3.05, 3.63) is 29.1 Å². The van der Waals surface area contributed by atoms with Gasteiger partial charge in [0, 0.05) is 12.6 Å². The maximum atomic E-state index is 13.4. The van der Waals surface area contributed by atoms with Crippen LogP contribution in [0.1, 0.15) is 33.6 Å². The van der Waals surface area contributed by atoms with Crippen molar-refractivity contribution in [3.8, 4) is 5.75 Å². The molecular weight excluding hydrogens is 293 g/mol. The molecule has 7 heteroatoms. The molecule has 0 bridgehead atoms. The summed E-state index contributed by atoms with van der Waals surface area (Å²) in [5.74, 6) is -11.4. The highest BCUT2D eigenvalue weighted by Gasteiger charge is 2.28. The average molecular weight is 311 g/mol. The van der Waals surface area contributed by atoms with Crippen molar-refractivity contribution in [2.24, 2.45) is 0 Å². The van der Waals surface area contributed by atoms with Crippen LogP contribution in [0.15, 0.2) is 0 Å². The summed E-state index contributed by atoms with van der Waals surface area (Å²) in [7, 11) is 0. The van der Waals surface area contributed by atoms with Crippen LogP contribution >= 0.6 is 0 Å². The Bertz CT molecular complexity index is 466. The molecule has 0 radical (unpaired) electrons. The van der Waals surface area contributed by atoms with Gasteiger partial charge in [-0.1, -0.05) is 13.3 Å². The number of nitrogens with one attached hydrogen (secondary N) is 1. The van der Waals surface area contributed by atoms with Crippen molar-refractivity contribution < 1.29 is 26.7 Å². The lowest BCUT2D eigenvalue weighted by Gasteiger charge is -2.19. The zero-order valence-corrected chi connectivity index (χ0v) is 12.1. The van der Waals surface area contributed by atoms with Gasteiger partial charge < -0.3 is 10.1 Å². The molecule has 0 spiro atoms. The Labute approximate surface area is 120 Å². The van der Waals surface area contributed by atoms with Gasteiger partial charge in [0.2, 0.25) is 29.1 Å². The van der Waals surface area contributed by atoms with Crippen LogP contribution in [0.25, 0.3) is 0 Å². The first-order valence-corrected chi connectivity index (χ1v) is 6.71. The molecule has 0 saturated heterocycles. The Morgan fingerprint density at radius 1 is 0.905 bits per heavy atom. The number of hydrogen-bond acceptors (Lipinski definition) is 2. The maximum absolute atomic E-state index is 13.4. The summed E-state index contributed by atoms with van der Waals surface area (Å²) in [4.78, 5) is 0. The van der Waals surface area contributed by atoms with Crippen LogP contribution < -0.4 is 10.1 Å². The summed E-state index contributed by atoms with van der Waals surface area (Å²) >= 11 is 0. The highest BCUT2D eigenvalue weighted by atomic mass is 19.2. The van der Waals surface area contributed by atoms with Crippen LogP contribution in [0.3, 0.4) is 0 Å². The molecule has 1 aromatic rings. The molecule has 0 amide bonds. The van der Waals surface area contributed by atoms with Gasteiger partial charge in [-0.15, -0.1) is 0 Å². The van der Waals surface area contributed by atoms with Crippen molar-refractivity contribution in [1.82, 2.24) is 5.32 Å². The Morgan fingerprint density at radius 2 is 1.38 bits per heavy atom. The van der Waals surface area contributed by atoms with Crippen molar-refractivity contribution in [2.75, 3.05) is 6.54 Å². The van der Waals surface area contributed by atoms with Crippen LogP contribution in [-0.2, 0) is 0 Å². The fraction of sp³-hybridized carbons (Fsp3) is 0.571. The molecule has 0 aliphatic carbocycles. The largest absolute Gasteiger partial charge is 0.483 e. The maximum Gasteiger partial charge on any atom is 0.207 e. The fourth-order valence-electron chi connectivity index (χ4n) is 1.83. The third-order valence-corrected chi connectivity index (χ3v) is 2.96. The van der Waals surface area contributed by atoms with E-state index in [9.17, 15) is 22.0 Å². The molecule has 120 valence electrons. The first kappa shape index (κ1) is 17.7. The van der Waals surface area contributed by atoms with Gasteiger partial charge in [-0.2, -0.15) is 8.78 Å². The highest BCUT2D eigenvalue weighted by Crippen LogP contribution is 2.29. The number of ether oxygens (including phenoxy) is 1. The topological polar surface area (TPSA) is 21.3 Å². The molecule has 0 aliphatic heterocycles. The summed E-state index contributed by atoms with van der Waals surface area (Å²) in [6.07, 6.45) is 1.11. The molecule has 0 aliphatic rings. The van der Waals surface area contributed by atoms with Gasteiger partial charge in [-0.25, -0.2) is 13.2 Å². The molecular formula is C14H18F5NO. The zero-order chi connectivity index (χ0) is 16.2. The van der Waals surface area contributed by atoms with Crippen LogP contribution in [-0.4, -0.2) is 18.7 Å². The average Bonchev–Trinajstić information content (AvgIpc) is 2.46. The van der Waals surface area contributed by atoms with Crippen molar-refractivity contribution in [2.45, 2.75) is 45.8 Å². The minimum atomic E-state index is -2.19. The predicted octanol–water partition coefficient (Wildman–Crippen LogP) is 3.93. The smallest absolute Gasteiger partial charge is 0.207 e. The van der Waals surface area contributed by atoms with Crippen LogP contribution in [0.4, 0.5) is 22.0 Å². The third-order valence-electron chi connectivity index (χ3n) is 2.96. The lowest BCUT2D eigenvalue weighted by molar-refractivity contribution is 0.185. The van der Waals surface area contributed by atoms with Gasteiger partial charge in [0.1, 0.15) is 6.10 Å². The van der Waals surface area contributed by atoms with E-state index in [4.69, 9.17) is 4.74 Å². The Balaban J connectivity index is 2.79. The fourth-order valence-corrected chi connectivity index (χ4v) is 1.83. The number of hydrogen-bond donors (Lipinski definition) is 1. The quantitative estimate of drug-likeness (QED) is 0.468. The highest BCUT2D eigenvalue weighted by molar-refractivity contribution is 5.29. The first-order valence-electron chi connectivity index (χ1n) is 6.71. The SMILES string of the molecule is CCCC(C)NCC(C)Oc1c(F)c(F)c(F)c(F)c1F. The first-order chi connectivity index (χ1) is 9.79. The summed E-state index contributed by atoms with van der Waals surface area (Å²) in [5, 5.41) is 3.05. The van der Waals surface area contributed by atoms with E-state index in [1.807, 2.05) is 13.8 Å². The Morgan fingerprint density at radius 3 is 1.86 bits per heavy atom. The predicted molar refractivity (Wildman–Crippen MR) is 68.7 cm³/mol. The van der Waals surface area contributed by atoms with Gasteiger partial charge in [0.05, 0.1) is 0 Å². The number of benzene rings is 1. The molecule has 0 saturated carbocycles. The van der Waals surface area contributed by atoms with Crippen LogP contribution in [0, 0.1) is 29.1 Å². The summed E-state index contributed by atoms with van der Waals surface area (Å²) in [5.41, 5.74) is 0. The third kappa shape index (κ3) is 4.30.